The third-order valence-corrected chi connectivity index (χ3v) is 2.54. The summed E-state index contributed by atoms with van der Waals surface area (Å²) < 4.78 is 1.52. The second kappa shape index (κ2) is 4.44. The molecule has 0 radical (unpaired) electrons. The zero-order valence-electron chi connectivity index (χ0n) is 10.4. The molecule has 0 aliphatic heterocycles. The second-order valence-corrected chi connectivity index (χ2v) is 3.83. The van der Waals surface area contributed by atoms with Crippen molar-refractivity contribution in [3.8, 4) is 5.82 Å². The lowest BCUT2D eigenvalue weighted by molar-refractivity contribution is 0.0957. The molecule has 0 atom stereocenters. The number of nitrogens with zero attached hydrogens (tertiary/aromatic N) is 4. The Morgan fingerprint density at radius 1 is 1.39 bits per heavy atom. The van der Waals surface area contributed by atoms with Crippen LogP contribution in [0.15, 0.2) is 12.3 Å². The first kappa shape index (κ1) is 12.0. The van der Waals surface area contributed by atoms with E-state index in [9.17, 15) is 4.79 Å². The number of hydrogen-bond donors (Lipinski definition) is 2. The average Bonchev–Trinajstić information content (AvgIpc) is 2.82. The van der Waals surface area contributed by atoms with Gasteiger partial charge >= 0.3 is 0 Å². The van der Waals surface area contributed by atoms with Gasteiger partial charge in [0.25, 0.3) is 5.91 Å². The number of aryl methyl sites for hydroxylation is 1. The van der Waals surface area contributed by atoms with Crippen molar-refractivity contribution in [1.82, 2.24) is 25.1 Å². The largest absolute Gasteiger partial charge is 0.383 e. The van der Waals surface area contributed by atoms with E-state index in [0.717, 1.165) is 5.56 Å². The van der Waals surface area contributed by atoms with Gasteiger partial charge in [-0.15, -0.1) is 0 Å². The molecular formula is C11H14N6O. The first-order valence-corrected chi connectivity index (χ1v) is 5.41. The van der Waals surface area contributed by atoms with Crippen LogP contribution in [0.5, 0.6) is 0 Å². The van der Waals surface area contributed by atoms with Crippen LogP contribution in [0.4, 0.5) is 5.82 Å². The van der Waals surface area contributed by atoms with Crippen LogP contribution in [0.25, 0.3) is 5.82 Å². The average molecular weight is 246 g/mol. The number of nitrogens with two attached hydrogens (primary N) is 1. The van der Waals surface area contributed by atoms with Gasteiger partial charge in [-0.1, -0.05) is 0 Å². The molecule has 94 valence electrons. The molecule has 0 aromatic carbocycles. The van der Waals surface area contributed by atoms with Gasteiger partial charge in [-0.3, -0.25) is 4.79 Å². The molecule has 7 nitrogen and oxygen atoms in total. The zero-order valence-corrected chi connectivity index (χ0v) is 10.4. The van der Waals surface area contributed by atoms with Gasteiger partial charge < -0.3 is 11.1 Å². The van der Waals surface area contributed by atoms with Crippen molar-refractivity contribution in [3.05, 3.63) is 29.3 Å². The highest BCUT2D eigenvalue weighted by atomic mass is 16.1. The van der Waals surface area contributed by atoms with E-state index in [2.05, 4.69) is 20.4 Å². The summed E-state index contributed by atoms with van der Waals surface area (Å²) in [5.41, 5.74) is 6.83. The second-order valence-electron chi connectivity index (χ2n) is 3.83. The molecule has 2 rings (SSSR count). The van der Waals surface area contributed by atoms with Crippen LogP contribution in [0.2, 0.25) is 0 Å². The molecule has 0 fully saturated rings. The minimum absolute atomic E-state index is 0.245. The number of carbonyl (C=O) groups is 1. The molecule has 2 aromatic heterocycles. The molecule has 3 N–H and O–H groups in total. The standard InChI is InChI=1S/C11H14N6O/c1-6-9(12)14-7(2)15-10(6)17-5-4-8(16-17)11(18)13-3/h4-5H,1-3H3,(H,13,18)(H2,12,14,15). The number of rotatable bonds is 2. The fourth-order valence-electron chi connectivity index (χ4n) is 1.55. The molecular weight excluding hydrogens is 232 g/mol. The van der Waals surface area contributed by atoms with Crippen LogP contribution < -0.4 is 11.1 Å². The molecule has 1 amide bonds. The smallest absolute Gasteiger partial charge is 0.271 e. The third kappa shape index (κ3) is 2.02. The van der Waals surface area contributed by atoms with E-state index in [1.54, 1.807) is 26.2 Å². The monoisotopic (exact) mass is 246 g/mol. The molecule has 0 saturated carbocycles. The minimum Gasteiger partial charge on any atom is -0.383 e. The summed E-state index contributed by atoms with van der Waals surface area (Å²) in [6.07, 6.45) is 1.67. The van der Waals surface area contributed by atoms with E-state index in [1.165, 1.54) is 4.68 Å². The van der Waals surface area contributed by atoms with Crippen molar-refractivity contribution < 1.29 is 4.79 Å². The lowest BCUT2D eigenvalue weighted by Crippen LogP contribution is -2.18. The topological polar surface area (TPSA) is 98.7 Å². The van der Waals surface area contributed by atoms with E-state index in [0.29, 0.717) is 23.2 Å². The van der Waals surface area contributed by atoms with Gasteiger partial charge in [0, 0.05) is 18.8 Å². The predicted octanol–water partition coefficient (Wildman–Crippen LogP) is 0.221. The van der Waals surface area contributed by atoms with Crippen LogP contribution in [0.1, 0.15) is 21.9 Å². The summed E-state index contributed by atoms with van der Waals surface area (Å²) in [4.78, 5) is 19.8. The molecule has 0 saturated heterocycles. The van der Waals surface area contributed by atoms with Crippen LogP contribution in [0.3, 0.4) is 0 Å². The number of hydrogen-bond acceptors (Lipinski definition) is 5. The molecule has 7 heteroatoms. The number of nitrogens with one attached hydrogen (secondary N) is 1. The van der Waals surface area contributed by atoms with Crippen molar-refractivity contribution in [3.63, 3.8) is 0 Å². The van der Waals surface area contributed by atoms with Gasteiger partial charge in [0.1, 0.15) is 11.6 Å². The van der Waals surface area contributed by atoms with Crippen LogP contribution >= 0.6 is 0 Å². The van der Waals surface area contributed by atoms with Crippen molar-refractivity contribution >= 4 is 11.7 Å². The summed E-state index contributed by atoms with van der Waals surface area (Å²) in [5, 5.41) is 6.66. The first-order valence-electron chi connectivity index (χ1n) is 5.41. The van der Waals surface area contributed by atoms with E-state index in [1.807, 2.05) is 6.92 Å². The summed E-state index contributed by atoms with van der Waals surface area (Å²) in [6.45, 7) is 3.56. The molecule has 0 bridgehead atoms. The lowest BCUT2D eigenvalue weighted by atomic mass is 10.3. The normalized spacial score (nSPS) is 10.4. The number of amides is 1. The van der Waals surface area contributed by atoms with Gasteiger partial charge in [0.15, 0.2) is 11.5 Å². The Hall–Kier alpha value is -2.44. The maximum absolute atomic E-state index is 11.4. The Morgan fingerprint density at radius 2 is 2.11 bits per heavy atom. The Kier molecular flexibility index (Phi) is 2.97. The summed E-state index contributed by atoms with van der Waals surface area (Å²) in [7, 11) is 1.55. The van der Waals surface area contributed by atoms with E-state index in [-0.39, 0.29) is 5.91 Å². The molecule has 0 spiro atoms. The molecule has 2 aromatic rings. The molecule has 18 heavy (non-hydrogen) atoms. The van der Waals surface area contributed by atoms with E-state index in [4.69, 9.17) is 5.73 Å². The summed E-state index contributed by atoms with van der Waals surface area (Å²) in [6, 6.07) is 1.62. The van der Waals surface area contributed by atoms with Gasteiger partial charge in [-0.2, -0.15) is 5.10 Å². The SMILES string of the molecule is CNC(=O)c1ccn(-c2nc(C)nc(N)c2C)n1. The van der Waals surface area contributed by atoms with Gasteiger partial charge in [-0.25, -0.2) is 14.6 Å². The third-order valence-electron chi connectivity index (χ3n) is 2.54. The highest BCUT2D eigenvalue weighted by Crippen LogP contribution is 2.15. The summed E-state index contributed by atoms with van der Waals surface area (Å²) in [5.74, 6) is 1.31. The van der Waals surface area contributed by atoms with Gasteiger partial charge in [-0.05, 0) is 19.9 Å². The van der Waals surface area contributed by atoms with Gasteiger partial charge in [0.05, 0.1) is 0 Å². The Bertz CT molecular complexity index is 604. The minimum atomic E-state index is -0.245. The van der Waals surface area contributed by atoms with Crippen LogP contribution in [-0.2, 0) is 0 Å². The van der Waals surface area contributed by atoms with E-state index >= 15 is 0 Å². The zero-order chi connectivity index (χ0) is 13.3. The predicted molar refractivity (Wildman–Crippen MR) is 66.4 cm³/mol. The first-order chi connectivity index (χ1) is 8.52. The maximum Gasteiger partial charge on any atom is 0.271 e. The van der Waals surface area contributed by atoms with Crippen molar-refractivity contribution in [1.29, 1.82) is 0 Å². The number of aromatic nitrogens is 4. The van der Waals surface area contributed by atoms with Crippen molar-refractivity contribution in [2.45, 2.75) is 13.8 Å². The quantitative estimate of drug-likeness (QED) is 0.789. The highest BCUT2D eigenvalue weighted by molar-refractivity contribution is 5.91. The Balaban J connectivity index is 2.49. The highest BCUT2D eigenvalue weighted by Gasteiger charge is 2.12. The maximum atomic E-state index is 11.4. The number of anilines is 1. The summed E-state index contributed by atoms with van der Waals surface area (Å²) >= 11 is 0. The van der Waals surface area contributed by atoms with Crippen molar-refractivity contribution in [2.24, 2.45) is 0 Å². The Labute approximate surface area is 104 Å². The molecule has 0 unspecified atom stereocenters. The fourth-order valence-corrected chi connectivity index (χ4v) is 1.55. The van der Waals surface area contributed by atoms with Crippen molar-refractivity contribution in [2.75, 3.05) is 12.8 Å². The van der Waals surface area contributed by atoms with Crippen LogP contribution in [0, 0.1) is 13.8 Å². The molecule has 0 aliphatic carbocycles. The van der Waals surface area contributed by atoms with Crippen LogP contribution in [-0.4, -0.2) is 32.7 Å². The lowest BCUT2D eigenvalue weighted by Gasteiger charge is -2.07. The van der Waals surface area contributed by atoms with Gasteiger partial charge in [0.2, 0.25) is 0 Å². The fraction of sp³-hybridized carbons (Fsp3) is 0.273. The Morgan fingerprint density at radius 3 is 2.78 bits per heavy atom. The van der Waals surface area contributed by atoms with E-state index < -0.39 is 0 Å². The number of nitrogen functional groups attached to an aromatic ring is 1. The molecule has 0 aliphatic rings. The molecule has 2 heterocycles. The number of carbonyl (C=O) groups excluding carboxylic acids is 1.